The maximum absolute atomic E-state index is 13.4. The molecule has 0 amide bonds. The molecule has 6 heteroatoms. The van der Waals surface area contributed by atoms with Gasteiger partial charge < -0.3 is 9.52 Å². The van der Waals surface area contributed by atoms with Crippen LogP contribution in [0.4, 0.5) is 0 Å². The van der Waals surface area contributed by atoms with Crippen LogP contribution in [0.5, 0.6) is 5.75 Å². The number of rotatable bonds is 4. The first-order valence-corrected chi connectivity index (χ1v) is 11.0. The van der Waals surface area contributed by atoms with Crippen LogP contribution in [0.2, 0.25) is 5.02 Å². The fourth-order valence-corrected chi connectivity index (χ4v) is 4.93. The molecule has 0 spiro atoms. The van der Waals surface area contributed by atoms with Crippen LogP contribution in [0.15, 0.2) is 34.7 Å². The number of phenolic OH excluding ortho intramolecular Hbond substituents is 1. The first kappa shape index (κ1) is 20.9. The van der Waals surface area contributed by atoms with Crippen molar-refractivity contribution in [2.45, 2.75) is 33.6 Å². The SMILES string of the molecule is CC(C)(C)CCc1oc2cccc(Cl)c2c1C(=O)c1cc(I)c(O)c(I)c1. The summed E-state index contributed by atoms with van der Waals surface area (Å²) in [5.74, 6) is 0.716. The van der Waals surface area contributed by atoms with Gasteiger partial charge in [0.25, 0.3) is 0 Å². The second-order valence-corrected chi connectivity index (χ2v) is 10.4. The fourth-order valence-electron chi connectivity index (χ4n) is 2.90. The number of aromatic hydroxyl groups is 1. The normalized spacial score (nSPS) is 11.9. The molecule has 0 bridgehead atoms. The van der Waals surface area contributed by atoms with Crippen LogP contribution in [0.3, 0.4) is 0 Å². The number of aryl methyl sites for hydroxylation is 1. The van der Waals surface area contributed by atoms with Crippen molar-refractivity contribution in [1.82, 2.24) is 0 Å². The molecule has 0 fully saturated rings. The van der Waals surface area contributed by atoms with E-state index in [4.69, 9.17) is 16.0 Å². The van der Waals surface area contributed by atoms with Crippen molar-refractivity contribution < 1.29 is 14.3 Å². The van der Waals surface area contributed by atoms with E-state index in [0.29, 0.717) is 46.4 Å². The van der Waals surface area contributed by atoms with Gasteiger partial charge in [0.15, 0.2) is 5.78 Å². The number of hydrogen-bond donors (Lipinski definition) is 1. The molecule has 0 radical (unpaired) electrons. The van der Waals surface area contributed by atoms with Crippen LogP contribution in [0.1, 0.15) is 48.9 Å². The summed E-state index contributed by atoms with van der Waals surface area (Å²) in [6, 6.07) is 8.83. The quantitative estimate of drug-likeness (QED) is 0.252. The van der Waals surface area contributed by atoms with Gasteiger partial charge in [-0.3, -0.25) is 4.79 Å². The summed E-state index contributed by atoms with van der Waals surface area (Å²) in [6.07, 6.45) is 1.54. The number of benzene rings is 2. The highest BCUT2D eigenvalue weighted by molar-refractivity contribution is 14.1. The van der Waals surface area contributed by atoms with Crippen molar-refractivity contribution in [3.05, 3.63) is 59.4 Å². The zero-order valence-corrected chi connectivity index (χ0v) is 20.3. The first-order valence-electron chi connectivity index (χ1n) is 8.51. The Labute approximate surface area is 190 Å². The molecule has 1 N–H and O–H groups in total. The van der Waals surface area contributed by atoms with Crippen LogP contribution in [-0.4, -0.2) is 10.9 Å². The largest absolute Gasteiger partial charge is 0.506 e. The Bertz CT molecular complexity index is 1010. The molecule has 3 nitrogen and oxygen atoms in total. The topological polar surface area (TPSA) is 50.4 Å². The third kappa shape index (κ3) is 4.45. The molecule has 3 aromatic rings. The molecule has 1 aromatic heterocycles. The van der Waals surface area contributed by atoms with Gasteiger partial charge in [0, 0.05) is 12.0 Å². The van der Waals surface area contributed by atoms with Gasteiger partial charge in [-0.2, -0.15) is 0 Å². The minimum atomic E-state index is -0.137. The number of furan rings is 1. The number of fused-ring (bicyclic) bond motifs is 1. The molecular formula is C21H19ClI2O3. The number of ketones is 1. The minimum absolute atomic E-state index is 0.117. The molecule has 0 unspecified atom stereocenters. The average Bonchev–Trinajstić information content (AvgIpc) is 2.96. The lowest BCUT2D eigenvalue weighted by Crippen LogP contribution is -2.09. The van der Waals surface area contributed by atoms with E-state index in [1.165, 1.54) is 0 Å². The highest BCUT2D eigenvalue weighted by Gasteiger charge is 2.26. The predicted molar refractivity (Wildman–Crippen MR) is 126 cm³/mol. The highest BCUT2D eigenvalue weighted by atomic mass is 127. The lowest BCUT2D eigenvalue weighted by molar-refractivity contribution is 0.103. The molecule has 0 saturated heterocycles. The average molecular weight is 609 g/mol. The number of carbonyl (C=O) groups is 1. The van der Waals surface area contributed by atoms with Crippen molar-refractivity contribution in [2.75, 3.05) is 0 Å². The highest BCUT2D eigenvalue weighted by Crippen LogP contribution is 2.36. The van der Waals surface area contributed by atoms with Crippen molar-refractivity contribution >= 4 is 73.5 Å². The minimum Gasteiger partial charge on any atom is -0.506 e. The van der Waals surface area contributed by atoms with Crippen LogP contribution < -0.4 is 0 Å². The van der Waals surface area contributed by atoms with E-state index < -0.39 is 0 Å². The molecule has 0 aliphatic heterocycles. The fraction of sp³-hybridized carbons (Fsp3) is 0.286. The van der Waals surface area contributed by atoms with Gasteiger partial charge in [0.05, 0.1) is 23.1 Å². The number of carbonyl (C=O) groups excluding carboxylic acids is 1. The van der Waals surface area contributed by atoms with Crippen molar-refractivity contribution in [1.29, 1.82) is 0 Å². The van der Waals surface area contributed by atoms with Crippen molar-refractivity contribution in [3.8, 4) is 5.75 Å². The maximum atomic E-state index is 13.4. The zero-order valence-electron chi connectivity index (χ0n) is 15.2. The standard InChI is InChI=1S/C21H19ClI2O3/c1-21(2,3)8-7-16-18(17-12(22)5-4-6-15(17)27-16)19(25)11-9-13(23)20(26)14(24)10-11/h4-6,9-10,26H,7-8H2,1-3H3. The molecule has 0 aliphatic carbocycles. The Morgan fingerprint density at radius 3 is 2.41 bits per heavy atom. The van der Waals surface area contributed by atoms with Crippen molar-refractivity contribution in [2.24, 2.45) is 5.41 Å². The van der Waals surface area contributed by atoms with Gasteiger partial charge >= 0.3 is 0 Å². The van der Waals surface area contributed by atoms with E-state index in [1.807, 2.05) is 57.3 Å². The summed E-state index contributed by atoms with van der Waals surface area (Å²) in [6.45, 7) is 6.48. The van der Waals surface area contributed by atoms with Gasteiger partial charge in [0.2, 0.25) is 0 Å². The maximum Gasteiger partial charge on any atom is 0.197 e. The lowest BCUT2D eigenvalue weighted by Gasteiger charge is -2.17. The van der Waals surface area contributed by atoms with Crippen LogP contribution in [-0.2, 0) is 6.42 Å². The Hall–Kier alpha value is -0.800. The van der Waals surface area contributed by atoms with E-state index in [9.17, 15) is 9.90 Å². The van der Waals surface area contributed by atoms with Crippen LogP contribution >= 0.6 is 56.8 Å². The zero-order chi connectivity index (χ0) is 19.9. The van der Waals surface area contributed by atoms with E-state index >= 15 is 0 Å². The molecule has 1 heterocycles. The summed E-state index contributed by atoms with van der Waals surface area (Å²) >= 11 is 10.5. The molecule has 2 aromatic carbocycles. The molecule has 0 atom stereocenters. The van der Waals surface area contributed by atoms with E-state index in [0.717, 1.165) is 6.42 Å². The van der Waals surface area contributed by atoms with Gasteiger partial charge in [-0.1, -0.05) is 38.4 Å². The van der Waals surface area contributed by atoms with Gasteiger partial charge in [-0.15, -0.1) is 0 Å². The lowest BCUT2D eigenvalue weighted by atomic mass is 9.88. The number of hydrogen-bond acceptors (Lipinski definition) is 3. The monoisotopic (exact) mass is 608 g/mol. The summed E-state index contributed by atoms with van der Waals surface area (Å²) in [5, 5.41) is 11.2. The molecular weight excluding hydrogens is 589 g/mol. The molecule has 27 heavy (non-hydrogen) atoms. The van der Waals surface area contributed by atoms with E-state index in [-0.39, 0.29) is 16.9 Å². The van der Waals surface area contributed by atoms with Crippen LogP contribution in [0.25, 0.3) is 11.0 Å². The van der Waals surface area contributed by atoms with Crippen LogP contribution in [0, 0.1) is 12.6 Å². The number of phenols is 1. The second kappa shape index (κ2) is 7.91. The second-order valence-electron chi connectivity index (χ2n) is 7.69. The Morgan fingerprint density at radius 2 is 1.81 bits per heavy atom. The van der Waals surface area contributed by atoms with Gasteiger partial charge in [0.1, 0.15) is 17.1 Å². The van der Waals surface area contributed by atoms with Gasteiger partial charge in [-0.25, -0.2) is 0 Å². The summed E-state index contributed by atoms with van der Waals surface area (Å²) < 4.78 is 7.32. The van der Waals surface area contributed by atoms with Crippen molar-refractivity contribution in [3.63, 3.8) is 0 Å². The summed E-state index contributed by atoms with van der Waals surface area (Å²) in [7, 11) is 0. The Morgan fingerprint density at radius 1 is 1.19 bits per heavy atom. The predicted octanol–water partition coefficient (Wildman–Crippen LogP) is 7.21. The van der Waals surface area contributed by atoms with E-state index in [1.54, 1.807) is 18.2 Å². The molecule has 0 aliphatic rings. The van der Waals surface area contributed by atoms with E-state index in [2.05, 4.69) is 20.8 Å². The van der Waals surface area contributed by atoms with Gasteiger partial charge in [-0.05, 0) is 81.3 Å². The summed E-state index contributed by atoms with van der Waals surface area (Å²) in [4.78, 5) is 13.4. The third-order valence-electron chi connectivity index (χ3n) is 4.35. The number of halogens is 3. The third-order valence-corrected chi connectivity index (χ3v) is 6.31. The molecule has 142 valence electrons. The molecule has 3 rings (SSSR count). The summed E-state index contributed by atoms with van der Waals surface area (Å²) in [5.41, 5.74) is 1.78. The smallest absolute Gasteiger partial charge is 0.197 e. The molecule has 0 saturated carbocycles. The Kier molecular flexibility index (Phi) is 6.13. The first-order chi connectivity index (χ1) is 12.6. The Balaban J connectivity index is 2.17.